The van der Waals surface area contributed by atoms with Gasteiger partial charge in [0.25, 0.3) is 5.91 Å². The van der Waals surface area contributed by atoms with Gasteiger partial charge in [0.15, 0.2) is 0 Å². The van der Waals surface area contributed by atoms with Gasteiger partial charge in [0.05, 0.1) is 11.7 Å². The standard InChI is InChI=1S/C20H20FNO3/c1-11(2)24-16-10-15-17(9-12(16)3)25-19(18(15)20(23)22-4)13-5-7-14(21)8-6-13/h5-11H,1-4H3,(H,22,23). The zero-order chi connectivity index (χ0) is 18.1. The molecular formula is C20H20FNO3. The van der Waals surface area contributed by atoms with Crippen LogP contribution in [0.15, 0.2) is 40.8 Å². The molecule has 4 nitrogen and oxygen atoms in total. The molecule has 0 atom stereocenters. The summed E-state index contributed by atoms with van der Waals surface area (Å²) >= 11 is 0. The van der Waals surface area contributed by atoms with Crippen molar-refractivity contribution >= 4 is 16.9 Å². The third kappa shape index (κ3) is 3.22. The van der Waals surface area contributed by atoms with Gasteiger partial charge >= 0.3 is 0 Å². The maximum Gasteiger partial charge on any atom is 0.255 e. The Bertz CT molecular complexity index is 926. The SMILES string of the molecule is CNC(=O)c1c(-c2ccc(F)cc2)oc2cc(C)c(OC(C)C)cc12. The van der Waals surface area contributed by atoms with Crippen molar-refractivity contribution in [1.82, 2.24) is 5.32 Å². The monoisotopic (exact) mass is 341 g/mol. The van der Waals surface area contributed by atoms with Crippen molar-refractivity contribution in [2.75, 3.05) is 7.05 Å². The number of carbonyl (C=O) groups is 1. The lowest BCUT2D eigenvalue weighted by Gasteiger charge is -2.12. The van der Waals surface area contributed by atoms with Crippen molar-refractivity contribution < 1.29 is 18.3 Å². The molecule has 0 radical (unpaired) electrons. The molecule has 0 aliphatic heterocycles. The Morgan fingerprint density at radius 3 is 2.48 bits per heavy atom. The number of rotatable bonds is 4. The third-order valence-corrected chi connectivity index (χ3v) is 3.91. The van der Waals surface area contributed by atoms with Gasteiger partial charge in [0.1, 0.15) is 22.9 Å². The summed E-state index contributed by atoms with van der Waals surface area (Å²) in [4.78, 5) is 12.5. The van der Waals surface area contributed by atoms with E-state index in [2.05, 4.69) is 5.32 Å². The predicted molar refractivity (Wildman–Crippen MR) is 95.5 cm³/mol. The van der Waals surface area contributed by atoms with Crippen LogP contribution in [-0.4, -0.2) is 19.1 Å². The van der Waals surface area contributed by atoms with Crippen molar-refractivity contribution in [2.45, 2.75) is 26.9 Å². The summed E-state index contributed by atoms with van der Waals surface area (Å²) in [6.07, 6.45) is 0.0167. The van der Waals surface area contributed by atoms with E-state index in [1.54, 1.807) is 19.2 Å². The van der Waals surface area contributed by atoms with E-state index in [-0.39, 0.29) is 17.8 Å². The van der Waals surface area contributed by atoms with E-state index in [4.69, 9.17) is 9.15 Å². The molecule has 0 saturated carbocycles. The largest absolute Gasteiger partial charge is 0.491 e. The van der Waals surface area contributed by atoms with E-state index in [0.29, 0.717) is 33.6 Å². The predicted octanol–water partition coefficient (Wildman–Crippen LogP) is 4.69. The average molecular weight is 341 g/mol. The van der Waals surface area contributed by atoms with Gasteiger partial charge in [-0.2, -0.15) is 0 Å². The zero-order valence-electron chi connectivity index (χ0n) is 14.6. The molecule has 25 heavy (non-hydrogen) atoms. The van der Waals surface area contributed by atoms with E-state index < -0.39 is 0 Å². The van der Waals surface area contributed by atoms with Crippen LogP contribution in [0.25, 0.3) is 22.3 Å². The number of halogens is 1. The number of nitrogens with one attached hydrogen (secondary N) is 1. The first-order valence-corrected chi connectivity index (χ1v) is 8.12. The summed E-state index contributed by atoms with van der Waals surface area (Å²) in [7, 11) is 1.56. The van der Waals surface area contributed by atoms with Crippen molar-refractivity contribution in [1.29, 1.82) is 0 Å². The molecule has 3 aromatic rings. The van der Waals surface area contributed by atoms with Gasteiger partial charge in [-0.3, -0.25) is 4.79 Å². The first-order chi connectivity index (χ1) is 11.9. The van der Waals surface area contributed by atoms with Crippen molar-refractivity contribution in [3.8, 4) is 17.1 Å². The first kappa shape index (κ1) is 17.0. The molecule has 1 N–H and O–H groups in total. The summed E-state index contributed by atoms with van der Waals surface area (Å²) in [5, 5.41) is 3.31. The van der Waals surface area contributed by atoms with Gasteiger partial charge in [-0.1, -0.05) is 0 Å². The van der Waals surface area contributed by atoms with Crippen LogP contribution in [0.4, 0.5) is 4.39 Å². The second kappa shape index (κ2) is 6.59. The van der Waals surface area contributed by atoms with E-state index in [1.807, 2.05) is 32.9 Å². The normalized spacial score (nSPS) is 11.1. The number of hydrogen-bond donors (Lipinski definition) is 1. The highest BCUT2D eigenvalue weighted by Crippen LogP contribution is 2.37. The molecule has 0 bridgehead atoms. The summed E-state index contributed by atoms with van der Waals surface area (Å²) in [6.45, 7) is 5.82. The van der Waals surface area contributed by atoms with Crippen molar-refractivity contribution in [2.24, 2.45) is 0 Å². The Kier molecular flexibility index (Phi) is 4.49. The fraction of sp³-hybridized carbons (Fsp3) is 0.250. The molecule has 5 heteroatoms. The van der Waals surface area contributed by atoms with Crippen LogP contribution >= 0.6 is 0 Å². The maximum atomic E-state index is 13.2. The number of aryl methyl sites for hydroxylation is 1. The molecule has 130 valence electrons. The summed E-state index contributed by atoms with van der Waals surface area (Å²) in [5.41, 5.74) is 2.56. The smallest absolute Gasteiger partial charge is 0.255 e. The van der Waals surface area contributed by atoms with Crippen LogP contribution in [0.1, 0.15) is 29.8 Å². The first-order valence-electron chi connectivity index (χ1n) is 8.12. The summed E-state index contributed by atoms with van der Waals surface area (Å²) < 4.78 is 25.0. The molecule has 0 fully saturated rings. The maximum absolute atomic E-state index is 13.2. The molecule has 2 aromatic carbocycles. The van der Waals surface area contributed by atoms with Gasteiger partial charge < -0.3 is 14.5 Å². The number of hydrogen-bond acceptors (Lipinski definition) is 3. The lowest BCUT2D eigenvalue weighted by atomic mass is 10.0. The lowest BCUT2D eigenvalue weighted by molar-refractivity contribution is 0.0964. The highest BCUT2D eigenvalue weighted by Gasteiger charge is 2.23. The quantitative estimate of drug-likeness (QED) is 0.749. The minimum atomic E-state index is -0.343. The highest BCUT2D eigenvalue weighted by molar-refractivity contribution is 6.11. The number of carbonyl (C=O) groups excluding carboxylic acids is 1. The van der Waals surface area contributed by atoms with Crippen LogP contribution < -0.4 is 10.1 Å². The van der Waals surface area contributed by atoms with Gasteiger partial charge in [0, 0.05) is 18.0 Å². The molecule has 1 heterocycles. The Hall–Kier alpha value is -2.82. The number of ether oxygens (including phenoxy) is 1. The average Bonchev–Trinajstić information content (AvgIpc) is 2.93. The highest BCUT2D eigenvalue weighted by atomic mass is 19.1. The van der Waals surface area contributed by atoms with Crippen LogP contribution in [-0.2, 0) is 0 Å². The molecule has 1 aromatic heterocycles. The molecule has 1 amide bonds. The van der Waals surface area contributed by atoms with Gasteiger partial charge in [-0.15, -0.1) is 0 Å². The molecule has 0 aliphatic rings. The van der Waals surface area contributed by atoms with Crippen LogP contribution in [0.2, 0.25) is 0 Å². The summed E-state index contributed by atoms with van der Waals surface area (Å²) in [5.74, 6) is 0.511. The number of fused-ring (bicyclic) bond motifs is 1. The van der Waals surface area contributed by atoms with E-state index in [1.165, 1.54) is 12.1 Å². The minimum absolute atomic E-state index is 0.0167. The molecule has 0 spiro atoms. The van der Waals surface area contributed by atoms with Crippen molar-refractivity contribution in [3.05, 3.63) is 53.3 Å². The van der Waals surface area contributed by atoms with Crippen LogP contribution in [0, 0.1) is 12.7 Å². The second-order valence-corrected chi connectivity index (χ2v) is 6.17. The molecule has 0 aliphatic carbocycles. The third-order valence-electron chi connectivity index (χ3n) is 3.91. The zero-order valence-corrected chi connectivity index (χ0v) is 14.6. The fourth-order valence-electron chi connectivity index (χ4n) is 2.76. The Labute approximate surface area is 145 Å². The Morgan fingerprint density at radius 2 is 1.88 bits per heavy atom. The fourth-order valence-corrected chi connectivity index (χ4v) is 2.76. The molecule has 0 unspecified atom stereocenters. The number of benzene rings is 2. The topological polar surface area (TPSA) is 51.5 Å². The number of amides is 1. The molecule has 3 rings (SSSR count). The van der Waals surface area contributed by atoms with Crippen LogP contribution in [0.3, 0.4) is 0 Å². The van der Waals surface area contributed by atoms with E-state index >= 15 is 0 Å². The van der Waals surface area contributed by atoms with E-state index in [0.717, 1.165) is 5.56 Å². The van der Waals surface area contributed by atoms with Gasteiger partial charge in [0.2, 0.25) is 0 Å². The molecular weight excluding hydrogens is 321 g/mol. The van der Waals surface area contributed by atoms with E-state index in [9.17, 15) is 9.18 Å². The van der Waals surface area contributed by atoms with Gasteiger partial charge in [-0.25, -0.2) is 4.39 Å². The minimum Gasteiger partial charge on any atom is -0.491 e. The Morgan fingerprint density at radius 1 is 1.20 bits per heavy atom. The number of furan rings is 1. The summed E-state index contributed by atoms with van der Waals surface area (Å²) in [6, 6.07) is 9.55. The van der Waals surface area contributed by atoms with Crippen LogP contribution in [0.5, 0.6) is 5.75 Å². The van der Waals surface area contributed by atoms with Gasteiger partial charge in [-0.05, 0) is 62.7 Å². The molecule has 0 saturated heterocycles. The van der Waals surface area contributed by atoms with Crippen molar-refractivity contribution in [3.63, 3.8) is 0 Å². The Balaban J connectivity index is 2.26. The second-order valence-electron chi connectivity index (χ2n) is 6.17. The lowest BCUT2D eigenvalue weighted by Crippen LogP contribution is -2.18.